The van der Waals surface area contributed by atoms with Crippen LogP contribution in [0.25, 0.3) is 0 Å². The molecule has 4 aliphatic carbocycles. The summed E-state index contributed by atoms with van der Waals surface area (Å²) in [6.07, 6.45) is 13.6. The normalized spacial score (nSPS) is 32.1. The predicted octanol–water partition coefficient (Wildman–Crippen LogP) is 3.25. The topological polar surface area (TPSA) is 88.1 Å². The summed E-state index contributed by atoms with van der Waals surface area (Å²) >= 11 is 0. The Bertz CT molecular complexity index is 1050. The fourth-order valence-electron chi connectivity index (χ4n) is 7.11. The second kappa shape index (κ2) is 7.24. The Balaban J connectivity index is 1.20. The summed E-state index contributed by atoms with van der Waals surface area (Å²) in [5.41, 5.74) is 2.31. The Morgan fingerprint density at radius 1 is 1.10 bits per heavy atom. The molecule has 0 unspecified atom stereocenters. The van der Waals surface area contributed by atoms with E-state index in [9.17, 15) is 8.42 Å². The number of rotatable bonds is 5. The number of hydrogen-bond donors (Lipinski definition) is 1. The van der Waals surface area contributed by atoms with Crippen molar-refractivity contribution in [3.63, 3.8) is 0 Å². The molecule has 4 bridgehead atoms. The third-order valence-electron chi connectivity index (χ3n) is 8.04. The molecule has 4 fully saturated rings. The lowest BCUT2D eigenvalue weighted by molar-refractivity contribution is -0.0444. The minimum Gasteiger partial charge on any atom is -0.369 e. The van der Waals surface area contributed by atoms with E-state index in [1.165, 1.54) is 49.0 Å². The fraction of sp³-hybridized carbons (Fsp3) is 0.609. The Morgan fingerprint density at radius 2 is 1.84 bits per heavy atom. The van der Waals surface area contributed by atoms with E-state index in [1.54, 1.807) is 24.7 Å². The van der Waals surface area contributed by atoms with Crippen molar-refractivity contribution in [3.05, 3.63) is 42.1 Å². The highest BCUT2D eigenvalue weighted by atomic mass is 32.2. The zero-order chi connectivity index (χ0) is 21.1. The summed E-state index contributed by atoms with van der Waals surface area (Å²) in [4.78, 5) is 13.2. The summed E-state index contributed by atoms with van der Waals surface area (Å²) in [6, 6.07) is 3.25. The van der Waals surface area contributed by atoms with Gasteiger partial charge in [0.05, 0.1) is 12.2 Å². The molecule has 2 aromatic heterocycles. The van der Waals surface area contributed by atoms with Gasteiger partial charge in [0, 0.05) is 31.0 Å². The lowest BCUT2D eigenvalue weighted by Crippen LogP contribution is -2.49. The summed E-state index contributed by atoms with van der Waals surface area (Å²) < 4.78 is 27.5. The first-order valence-electron chi connectivity index (χ1n) is 11.5. The third-order valence-corrected chi connectivity index (χ3v) is 9.87. The van der Waals surface area contributed by atoms with Gasteiger partial charge in [0.25, 0.3) is 0 Å². The summed E-state index contributed by atoms with van der Waals surface area (Å²) in [5, 5.41) is 3.69. The van der Waals surface area contributed by atoms with Gasteiger partial charge in [-0.15, -0.1) is 0 Å². The fourth-order valence-corrected chi connectivity index (χ4v) is 8.48. The zero-order valence-corrected chi connectivity index (χ0v) is 18.5. The van der Waals surface area contributed by atoms with Crippen LogP contribution in [0, 0.1) is 23.2 Å². The van der Waals surface area contributed by atoms with Crippen LogP contribution >= 0.6 is 0 Å². The maximum atomic E-state index is 13.0. The Labute approximate surface area is 183 Å². The average Bonchev–Trinajstić information content (AvgIpc) is 2.77. The maximum Gasteiger partial charge on any atom is 0.244 e. The van der Waals surface area contributed by atoms with E-state index < -0.39 is 10.0 Å². The third kappa shape index (κ3) is 3.44. The van der Waals surface area contributed by atoms with E-state index in [-0.39, 0.29) is 11.4 Å². The van der Waals surface area contributed by atoms with E-state index in [1.807, 2.05) is 0 Å². The molecule has 1 aliphatic heterocycles. The van der Waals surface area contributed by atoms with Gasteiger partial charge in [0.2, 0.25) is 10.0 Å². The van der Waals surface area contributed by atoms with Crippen LogP contribution in [0.1, 0.15) is 49.8 Å². The highest BCUT2D eigenvalue weighted by Gasteiger charge is 2.50. The Hall–Kier alpha value is -2.06. The molecule has 0 aromatic carbocycles. The molecule has 164 valence electrons. The molecular formula is C23H29N5O2S. The number of anilines is 1. The van der Waals surface area contributed by atoms with Crippen LogP contribution in [-0.4, -0.2) is 40.8 Å². The highest BCUT2D eigenvalue weighted by Crippen LogP contribution is 2.59. The SMILES string of the molecule is O=S(=O)(c1cccnc1)N1CCc2c(ncnc2NCC23CC4CC(CC(C4)C2)C3)C1. The van der Waals surface area contributed by atoms with Gasteiger partial charge in [-0.2, -0.15) is 4.31 Å². The van der Waals surface area contributed by atoms with Crippen molar-refractivity contribution in [3.8, 4) is 0 Å². The second-order valence-corrected chi connectivity index (χ2v) is 12.1. The van der Waals surface area contributed by atoms with Crippen molar-refractivity contribution >= 4 is 15.8 Å². The lowest BCUT2D eigenvalue weighted by atomic mass is 9.49. The number of nitrogens with one attached hydrogen (secondary N) is 1. The van der Waals surface area contributed by atoms with E-state index >= 15 is 0 Å². The number of aromatic nitrogens is 3. The standard InChI is InChI=1S/C23H29N5O2S/c29-31(30,19-2-1-4-24-12-19)28-5-3-20-21(13-28)26-15-27-22(20)25-14-23-9-16-6-17(10-23)8-18(7-16)11-23/h1-2,4,12,15-18H,3,5-11,13-14H2,(H,25,26,27). The van der Waals surface area contributed by atoms with E-state index in [2.05, 4.69) is 20.3 Å². The molecule has 0 amide bonds. The van der Waals surface area contributed by atoms with Gasteiger partial charge in [0.15, 0.2) is 0 Å². The summed E-state index contributed by atoms with van der Waals surface area (Å²) in [6.45, 7) is 1.70. The summed E-state index contributed by atoms with van der Waals surface area (Å²) in [7, 11) is -3.57. The van der Waals surface area contributed by atoms with Gasteiger partial charge in [-0.05, 0) is 80.2 Å². The van der Waals surface area contributed by atoms with E-state index in [0.717, 1.165) is 41.4 Å². The molecule has 0 saturated heterocycles. The minimum atomic E-state index is -3.57. The molecule has 0 atom stereocenters. The molecule has 0 spiro atoms. The molecule has 31 heavy (non-hydrogen) atoms. The monoisotopic (exact) mass is 439 g/mol. The first kappa shape index (κ1) is 19.6. The Kier molecular flexibility index (Phi) is 4.58. The van der Waals surface area contributed by atoms with Crippen LogP contribution in [-0.2, 0) is 23.0 Å². The van der Waals surface area contributed by atoms with Gasteiger partial charge in [0.1, 0.15) is 17.0 Å². The molecule has 8 heteroatoms. The van der Waals surface area contributed by atoms with Crippen LogP contribution < -0.4 is 5.32 Å². The zero-order valence-electron chi connectivity index (χ0n) is 17.7. The van der Waals surface area contributed by atoms with Gasteiger partial charge in [-0.25, -0.2) is 18.4 Å². The maximum absolute atomic E-state index is 13.0. The van der Waals surface area contributed by atoms with E-state index in [4.69, 9.17) is 0 Å². The second-order valence-electron chi connectivity index (χ2n) is 10.2. The van der Waals surface area contributed by atoms with Crippen LogP contribution in [0.3, 0.4) is 0 Å². The van der Waals surface area contributed by atoms with Crippen molar-refractivity contribution in [1.29, 1.82) is 0 Å². The Morgan fingerprint density at radius 3 is 2.52 bits per heavy atom. The van der Waals surface area contributed by atoms with Crippen LogP contribution in [0.5, 0.6) is 0 Å². The molecule has 1 N–H and O–H groups in total. The van der Waals surface area contributed by atoms with Crippen molar-refractivity contribution in [2.75, 3.05) is 18.4 Å². The average molecular weight is 440 g/mol. The highest BCUT2D eigenvalue weighted by molar-refractivity contribution is 7.89. The molecule has 5 aliphatic rings. The number of hydrogen-bond acceptors (Lipinski definition) is 6. The largest absolute Gasteiger partial charge is 0.369 e. The van der Waals surface area contributed by atoms with Crippen LogP contribution in [0.4, 0.5) is 5.82 Å². The quantitative estimate of drug-likeness (QED) is 0.769. The van der Waals surface area contributed by atoms with Crippen LogP contribution in [0.15, 0.2) is 35.7 Å². The first-order chi connectivity index (χ1) is 15.0. The molecule has 3 heterocycles. The van der Waals surface area contributed by atoms with Crippen molar-refractivity contribution < 1.29 is 8.42 Å². The lowest BCUT2D eigenvalue weighted by Gasteiger charge is -2.57. The van der Waals surface area contributed by atoms with Crippen LogP contribution in [0.2, 0.25) is 0 Å². The predicted molar refractivity (Wildman–Crippen MR) is 117 cm³/mol. The van der Waals surface area contributed by atoms with Gasteiger partial charge in [-0.3, -0.25) is 4.98 Å². The minimum absolute atomic E-state index is 0.229. The van der Waals surface area contributed by atoms with Gasteiger partial charge in [-0.1, -0.05) is 0 Å². The number of sulfonamides is 1. The number of pyridine rings is 1. The van der Waals surface area contributed by atoms with Crippen molar-refractivity contribution in [1.82, 2.24) is 19.3 Å². The molecule has 7 rings (SSSR count). The molecule has 2 aromatic rings. The smallest absolute Gasteiger partial charge is 0.244 e. The summed E-state index contributed by atoms with van der Waals surface area (Å²) in [5.74, 6) is 3.69. The first-order valence-corrected chi connectivity index (χ1v) is 12.9. The van der Waals surface area contributed by atoms with Gasteiger partial charge >= 0.3 is 0 Å². The number of nitrogens with zero attached hydrogens (tertiary/aromatic N) is 4. The van der Waals surface area contributed by atoms with E-state index in [0.29, 0.717) is 18.4 Å². The van der Waals surface area contributed by atoms with Crippen molar-refractivity contribution in [2.45, 2.75) is 56.4 Å². The van der Waals surface area contributed by atoms with Gasteiger partial charge < -0.3 is 5.32 Å². The van der Waals surface area contributed by atoms with Crippen molar-refractivity contribution in [2.24, 2.45) is 23.2 Å². The molecule has 0 radical (unpaired) electrons. The molecular weight excluding hydrogens is 410 g/mol. The molecule has 7 nitrogen and oxygen atoms in total. The molecule has 4 saturated carbocycles. The number of fused-ring (bicyclic) bond motifs is 1.